The molecule has 2 aliphatic rings. The number of hydrogen-bond acceptors (Lipinski definition) is 8. The molecule has 1 amide bonds. The van der Waals surface area contributed by atoms with Crippen LogP contribution >= 0.6 is 0 Å². The molecule has 5 heterocycles. The summed E-state index contributed by atoms with van der Waals surface area (Å²) < 4.78 is 28.7. The summed E-state index contributed by atoms with van der Waals surface area (Å²) in [4.78, 5) is 29.5. The minimum Gasteiger partial charge on any atom is -0.444 e. The number of aromatic nitrogens is 4. The molecule has 1 fully saturated rings. The Hall–Kier alpha value is -4.41. The van der Waals surface area contributed by atoms with Gasteiger partial charge in [0.25, 0.3) is 0 Å². The molecular weight excluding hydrogens is 513 g/mol. The number of nitrogens with zero attached hydrogens (tertiary/aromatic N) is 6. The molecule has 2 aliphatic heterocycles. The van der Waals surface area contributed by atoms with Crippen molar-refractivity contribution in [2.45, 2.75) is 39.8 Å². The minimum atomic E-state index is -0.527. The molecule has 0 unspecified atom stereocenters. The van der Waals surface area contributed by atoms with Gasteiger partial charge in [-0.3, -0.25) is 0 Å². The number of nitrogens with two attached hydrogens (primary N) is 1. The van der Waals surface area contributed by atoms with Crippen LogP contribution in [0.3, 0.4) is 0 Å². The van der Waals surface area contributed by atoms with Crippen molar-refractivity contribution in [3.63, 3.8) is 0 Å². The number of halogens is 1. The van der Waals surface area contributed by atoms with Crippen LogP contribution in [0.4, 0.5) is 20.8 Å². The third kappa shape index (κ3) is 4.76. The molecule has 0 bridgehead atoms. The Morgan fingerprint density at radius 1 is 1.15 bits per heavy atom. The summed E-state index contributed by atoms with van der Waals surface area (Å²) >= 11 is 0. The van der Waals surface area contributed by atoms with Gasteiger partial charge in [-0.25, -0.2) is 24.1 Å². The van der Waals surface area contributed by atoms with Crippen molar-refractivity contribution in [3.8, 4) is 22.8 Å². The first-order chi connectivity index (χ1) is 19.1. The van der Waals surface area contributed by atoms with E-state index in [0.717, 1.165) is 30.2 Å². The van der Waals surface area contributed by atoms with Gasteiger partial charge in [0.2, 0.25) is 5.88 Å². The molecule has 3 aromatic heterocycles. The molecule has 10 nitrogen and oxygen atoms in total. The van der Waals surface area contributed by atoms with Crippen molar-refractivity contribution in [1.29, 1.82) is 0 Å². The van der Waals surface area contributed by atoms with Crippen LogP contribution in [0.15, 0.2) is 42.7 Å². The van der Waals surface area contributed by atoms with Gasteiger partial charge in [-0.1, -0.05) is 12.1 Å². The Bertz CT molecular complexity index is 1610. The average molecular weight is 546 g/mol. The molecule has 2 N–H and O–H groups in total. The van der Waals surface area contributed by atoms with Gasteiger partial charge in [-0.15, -0.1) is 0 Å². The highest BCUT2D eigenvalue weighted by atomic mass is 19.1. The summed E-state index contributed by atoms with van der Waals surface area (Å²) in [6.07, 6.45) is 1.16. The Kier molecular flexibility index (Phi) is 6.24. The number of pyridine rings is 1. The van der Waals surface area contributed by atoms with Crippen molar-refractivity contribution >= 4 is 28.8 Å². The lowest BCUT2D eigenvalue weighted by molar-refractivity contribution is 0.000118. The Morgan fingerprint density at radius 3 is 2.67 bits per heavy atom. The third-order valence-corrected chi connectivity index (χ3v) is 7.12. The van der Waals surface area contributed by atoms with Crippen LogP contribution < -0.4 is 15.4 Å². The zero-order chi connectivity index (χ0) is 28.2. The van der Waals surface area contributed by atoms with Crippen molar-refractivity contribution in [2.24, 2.45) is 5.92 Å². The smallest absolute Gasteiger partial charge is 0.410 e. The van der Waals surface area contributed by atoms with E-state index in [1.165, 1.54) is 12.4 Å². The fourth-order valence-corrected chi connectivity index (χ4v) is 5.40. The van der Waals surface area contributed by atoms with Crippen LogP contribution in [0.1, 0.15) is 26.5 Å². The standard InChI is InChI=1S/C29H32FN7O3/c1-17-6-5-7-22(34-17)39-21-9-8-19(12-20(21)30)23-24-25(31)32-16-33-26(24)37-11-10-35(27(23)37)13-18-14-36(15-18)28(38)40-29(2,3)4/h5-9,12,16,18H,10-11,13-15H2,1-4H3,(H2,31,32,33). The van der Waals surface area contributed by atoms with E-state index in [1.807, 2.05) is 45.9 Å². The summed E-state index contributed by atoms with van der Waals surface area (Å²) in [6.45, 7) is 10.9. The molecule has 0 radical (unpaired) electrons. The number of anilines is 2. The number of carbonyl (C=O) groups excluding carboxylic acids is 1. The topological polar surface area (TPSA) is 112 Å². The monoisotopic (exact) mass is 545 g/mol. The maximum atomic E-state index is 15.4. The van der Waals surface area contributed by atoms with Gasteiger partial charge in [-0.2, -0.15) is 0 Å². The summed E-state index contributed by atoms with van der Waals surface area (Å²) in [5.41, 5.74) is 8.76. The molecule has 0 saturated carbocycles. The Balaban J connectivity index is 1.30. The van der Waals surface area contributed by atoms with Crippen molar-refractivity contribution in [1.82, 2.24) is 24.4 Å². The van der Waals surface area contributed by atoms with Crippen LogP contribution in [0, 0.1) is 18.7 Å². The summed E-state index contributed by atoms with van der Waals surface area (Å²) in [5.74, 6) is 1.44. The second-order valence-electron chi connectivity index (χ2n) is 11.4. The van der Waals surface area contributed by atoms with Crippen LogP contribution in [0.5, 0.6) is 11.6 Å². The number of fused-ring (bicyclic) bond motifs is 3. The number of amides is 1. The summed E-state index contributed by atoms with van der Waals surface area (Å²) in [7, 11) is 0. The lowest BCUT2D eigenvalue weighted by atomic mass is 9.99. The van der Waals surface area contributed by atoms with Gasteiger partial charge in [0.05, 0.1) is 5.39 Å². The first-order valence-corrected chi connectivity index (χ1v) is 13.3. The quantitative estimate of drug-likeness (QED) is 0.373. The normalized spacial score (nSPS) is 15.3. The summed E-state index contributed by atoms with van der Waals surface area (Å²) in [6, 6.07) is 10.2. The Morgan fingerprint density at radius 2 is 1.95 bits per heavy atom. The number of likely N-dealkylation sites (tertiary alicyclic amines) is 1. The van der Waals surface area contributed by atoms with E-state index in [1.54, 1.807) is 17.0 Å². The summed E-state index contributed by atoms with van der Waals surface area (Å²) in [5, 5.41) is 0.694. The zero-order valence-corrected chi connectivity index (χ0v) is 23.0. The number of benzene rings is 1. The predicted molar refractivity (Wildman–Crippen MR) is 150 cm³/mol. The van der Waals surface area contributed by atoms with Crippen molar-refractivity contribution in [2.75, 3.05) is 36.8 Å². The first kappa shape index (κ1) is 25.8. The molecular formula is C29H32FN7O3. The average Bonchev–Trinajstić information content (AvgIpc) is 3.40. The molecule has 4 aromatic rings. The fraction of sp³-hybridized carbons (Fsp3) is 0.379. The molecule has 1 saturated heterocycles. The number of aryl methyl sites for hydroxylation is 1. The van der Waals surface area contributed by atoms with Crippen molar-refractivity contribution < 1.29 is 18.7 Å². The zero-order valence-electron chi connectivity index (χ0n) is 23.0. The molecule has 6 rings (SSSR count). The second kappa shape index (κ2) is 9.65. The van der Waals surface area contributed by atoms with Gasteiger partial charge in [0.15, 0.2) is 11.6 Å². The van der Waals surface area contributed by atoms with Crippen LogP contribution in [0.2, 0.25) is 0 Å². The highest BCUT2D eigenvalue weighted by Crippen LogP contribution is 2.45. The van der Waals surface area contributed by atoms with Crippen LogP contribution in [-0.2, 0) is 11.3 Å². The SMILES string of the molecule is Cc1cccc(Oc2ccc(-c3c4n(c5ncnc(N)c35)CCN4CC3CN(C(=O)OC(C)(C)C)C3)cc2F)n1. The highest BCUT2D eigenvalue weighted by Gasteiger charge is 2.37. The lowest BCUT2D eigenvalue weighted by Crippen LogP contribution is -2.54. The van der Waals surface area contributed by atoms with Crippen LogP contribution in [-0.4, -0.2) is 62.3 Å². The maximum Gasteiger partial charge on any atom is 0.410 e. The molecule has 11 heteroatoms. The highest BCUT2D eigenvalue weighted by molar-refractivity contribution is 6.07. The lowest BCUT2D eigenvalue weighted by Gasteiger charge is -2.41. The number of hydrogen-bond donors (Lipinski definition) is 1. The van der Waals surface area contributed by atoms with Gasteiger partial charge in [0, 0.05) is 56.0 Å². The van der Waals surface area contributed by atoms with Gasteiger partial charge in [0.1, 0.15) is 29.2 Å². The van der Waals surface area contributed by atoms with E-state index in [2.05, 4.69) is 24.4 Å². The number of rotatable bonds is 5. The van der Waals surface area contributed by atoms with E-state index in [0.29, 0.717) is 47.9 Å². The van der Waals surface area contributed by atoms with Crippen molar-refractivity contribution in [3.05, 3.63) is 54.2 Å². The maximum absolute atomic E-state index is 15.4. The molecule has 0 atom stereocenters. The number of ether oxygens (including phenoxy) is 2. The molecule has 0 spiro atoms. The van der Waals surface area contributed by atoms with Gasteiger partial charge < -0.3 is 29.6 Å². The predicted octanol–water partition coefficient (Wildman–Crippen LogP) is 5.00. The first-order valence-electron chi connectivity index (χ1n) is 13.3. The van der Waals surface area contributed by atoms with Gasteiger partial charge in [-0.05, 0) is 51.5 Å². The number of carbonyl (C=O) groups is 1. The molecule has 208 valence electrons. The van der Waals surface area contributed by atoms with E-state index in [4.69, 9.17) is 15.2 Å². The molecule has 40 heavy (non-hydrogen) atoms. The fourth-order valence-electron chi connectivity index (χ4n) is 5.40. The minimum absolute atomic E-state index is 0.0831. The molecule has 1 aromatic carbocycles. The largest absolute Gasteiger partial charge is 0.444 e. The van der Waals surface area contributed by atoms with Gasteiger partial charge >= 0.3 is 6.09 Å². The van der Waals surface area contributed by atoms with E-state index >= 15 is 4.39 Å². The van der Waals surface area contributed by atoms with E-state index in [9.17, 15) is 4.79 Å². The Labute approximate surface area is 231 Å². The third-order valence-electron chi connectivity index (χ3n) is 7.12. The van der Waals surface area contributed by atoms with Crippen LogP contribution in [0.25, 0.3) is 22.2 Å². The second-order valence-corrected chi connectivity index (χ2v) is 11.4. The molecule has 0 aliphatic carbocycles. The van der Waals surface area contributed by atoms with E-state index < -0.39 is 11.4 Å². The number of nitrogen functional groups attached to an aromatic ring is 1. The van der Waals surface area contributed by atoms with E-state index in [-0.39, 0.29) is 17.8 Å².